The van der Waals surface area contributed by atoms with E-state index in [9.17, 15) is 44.7 Å². The highest BCUT2D eigenvalue weighted by molar-refractivity contribution is 7.89. The molecule has 0 fully saturated rings. The van der Waals surface area contributed by atoms with Gasteiger partial charge >= 0.3 is 12.4 Å². The average molecular weight is 524 g/mol. The molecule has 192 valence electrons. The quantitative estimate of drug-likeness (QED) is 0.478. The maximum atomic E-state index is 13.6. The third-order valence-corrected chi connectivity index (χ3v) is 7.06. The number of alkyl halides is 6. The molecular formula is C22H22F6N2O4S. The van der Waals surface area contributed by atoms with Gasteiger partial charge in [0.1, 0.15) is 6.04 Å². The average Bonchev–Trinajstić information content (AvgIpc) is 2.77. The Morgan fingerprint density at radius 1 is 1.09 bits per heavy atom. The Morgan fingerprint density at radius 3 is 2.43 bits per heavy atom. The van der Waals surface area contributed by atoms with Gasteiger partial charge in [-0.15, -0.1) is 0 Å². The summed E-state index contributed by atoms with van der Waals surface area (Å²) < 4.78 is 106. The van der Waals surface area contributed by atoms with Crippen molar-refractivity contribution in [3.8, 4) is 0 Å². The highest BCUT2D eigenvalue weighted by Crippen LogP contribution is 2.33. The Kier molecular flexibility index (Phi) is 7.82. The summed E-state index contributed by atoms with van der Waals surface area (Å²) in [6.07, 6.45) is -9.64. The number of halogens is 6. The number of aliphatic hydroxyl groups excluding tert-OH is 1. The van der Waals surface area contributed by atoms with E-state index in [1.54, 1.807) is 18.2 Å². The van der Waals surface area contributed by atoms with Crippen LogP contribution in [0, 0.1) is 0 Å². The summed E-state index contributed by atoms with van der Waals surface area (Å²) in [5.41, 5.74) is 0.833. The van der Waals surface area contributed by atoms with Gasteiger partial charge < -0.3 is 10.4 Å². The predicted molar refractivity (Wildman–Crippen MR) is 112 cm³/mol. The summed E-state index contributed by atoms with van der Waals surface area (Å²) in [4.78, 5) is 11.5. The summed E-state index contributed by atoms with van der Waals surface area (Å²) >= 11 is 0. The van der Waals surface area contributed by atoms with Gasteiger partial charge in [-0.2, -0.15) is 31.1 Å². The smallest absolute Gasteiger partial charge is 0.392 e. The fourth-order valence-corrected chi connectivity index (χ4v) is 5.14. The summed E-state index contributed by atoms with van der Waals surface area (Å²) in [5.74, 6) is -1.08. The molecule has 0 aromatic heterocycles. The zero-order valence-corrected chi connectivity index (χ0v) is 18.9. The second-order valence-electron chi connectivity index (χ2n) is 8.15. The van der Waals surface area contributed by atoms with Crippen LogP contribution >= 0.6 is 0 Å². The Balaban J connectivity index is 1.77. The fourth-order valence-electron chi connectivity index (χ4n) is 3.87. The molecule has 2 aromatic carbocycles. The second-order valence-corrected chi connectivity index (χ2v) is 9.86. The number of benzene rings is 2. The minimum Gasteiger partial charge on any atom is -0.392 e. The Morgan fingerprint density at radius 2 is 1.80 bits per heavy atom. The molecule has 2 aromatic rings. The zero-order valence-electron chi connectivity index (χ0n) is 18.1. The van der Waals surface area contributed by atoms with Gasteiger partial charge in [0.2, 0.25) is 15.9 Å². The molecule has 6 nitrogen and oxygen atoms in total. The van der Waals surface area contributed by atoms with E-state index in [0.29, 0.717) is 36.5 Å². The van der Waals surface area contributed by atoms with E-state index >= 15 is 0 Å². The number of amides is 1. The third-order valence-electron chi connectivity index (χ3n) is 5.59. The number of aliphatic hydroxyl groups is 1. The number of hydrogen-bond donors (Lipinski definition) is 3. The number of sulfonamides is 1. The number of fused-ring (bicyclic) bond motifs is 1. The van der Waals surface area contributed by atoms with Gasteiger partial charge in [0, 0.05) is 0 Å². The van der Waals surface area contributed by atoms with Crippen LogP contribution in [-0.4, -0.2) is 31.6 Å². The highest BCUT2D eigenvalue weighted by Gasteiger charge is 2.44. The fraction of sp³-hybridized carbons (Fsp3) is 0.409. The third kappa shape index (κ3) is 6.73. The van der Waals surface area contributed by atoms with Crippen LogP contribution in [-0.2, 0) is 34.0 Å². The molecule has 0 unspecified atom stereocenters. The van der Waals surface area contributed by atoms with E-state index < -0.39 is 57.2 Å². The summed E-state index contributed by atoms with van der Waals surface area (Å²) in [5, 5.41) is 11.8. The van der Waals surface area contributed by atoms with Crippen LogP contribution in [0.25, 0.3) is 0 Å². The van der Waals surface area contributed by atoms with E-state index in [0.717, 1.165) is 17.7 Å². The monoisotopic (exact) mass is 524 g/mol. The highest BCUT2D eigenvalue weighted by atomic mass is 32.2. The van der Waals surface area contributed by atoms with Crippen LogP contribution in [0.15, 0.2) is 47.4 Å². The van der Waals surface area contributed by atoms with Crippen molar-refractivity contribution in [3.05, 3.63) is 64.7 Å². The van der Waals surface area contributed by atoms with Gasteiger partial charge in [-0.1, -0.05) is 24.3 Å². The van der Waals surface area contributed by atoms with Crippen molar-refractivity contribution in [1.29, 1.82) is 0 Å². The minimum atomic E-state index is -5.19. The maximum absolute atomic E-state index is 13.6. The summed E-state index contributed by atoms with van der Waals surface area (Å²) in [7, 11) is -5.03. The van der Waals surface area contributed by atoms with Crippen molar-refractivity contribution >= 4 is 15.9 Å². The molecule has 2 atom stereocenters. The Labute approximate surface area is 197 Å². The molecule has 1 aliphatic rings. The lowest BCUT2D eigenvalue weighted by Crippen LogP contribution is -2.48. The van der Waals surface area contributed by atoms with Crippen LogP contribution < -0.4 is 10.0 Å². The zero-order chi connectivity index (χ0) is 26.0. The van der Waals surface area contributed by atoms with Crippen molar-refractivity contribution in [3.63, 3.8) is 0 Å². The van der Waals surface area contributed by atoms with Crippen molar-refractivity contribution < 1.29 is 44.7 Å². The van der Waals surface area contributed by atoms with Gasteiger partial charge in [0.25, 0.3) is 0 Å². The van der Waals surface area contributed by atoms with E-state index in [4.69, 9.17) is 0 Å². The van der Waals surface area contributed by atoms with Gasteiger partial charge in [-0.3, -0.25) is 4.79 Å². The predicted octanol–water partition coefficient (Wildman–Crippen LogP) is 3.99. The minimum absolute atomic E-state index is 0.191. The molecule has 0 bridgehead atoms. The molecule has 1 aliphatic carbocycles. The largest absolute Gasteiger partial charge is 0.416 e. The molecule has 0 aliphatic heterocycles. The number of aryl methyl sites for hydroxylation is 1. The lowest BCUT2D eigenvalue weighted by molar-refractivity contribution is -0.158. The molecule has 0 saturated carbocycles. The summed E-state index contributed by atoms with van der Waals surface area (Å²) in [6, 6.07) is 3.87. The topological polar surface area (TPSA) is 95.5 Å². The van der Waals surface area contributed by atoms with Crippen LogP contribution in [0.1, 0.15) is 47.6 Å². The molecule has 1 amide bonds. The number of nitrogens with one attached hydrogen (secondary N) is 2. The maximum Gasteiger partial charge on any atom is 0.416 e. The number of carbonyl (C=O) groups is 1. The van der Waals surface area contributed by atoms with Crippen molar-refractivity contribution in [2.45, 2.75) is 61.6 Å². The standard InChI is InChI=1S/C22H22F6N2O4S/c23-21(24,25)15-4-2-5-16(10-15)35(33,34)30-19(22(26,27)28)11-20(32)29-18-6-1-3-14-9-13(12-31)7-8-17(14)18/h2,4-5,7-10,18-19,30-31H,1,3,6,11-12H2,(H,29,32)/t18-,19+/m1/s1. The van der Waals surface area contributed by atoms with Crippen LogP contribution in [0.4, 0.5) is 26.3 Å². The van der Waals surface area contributed by atoms with E-state index in [1.807, 2.05) is 0 Å². The molecule has 0 saturated heterocycles. The second kappa shape index (κ2) is 10.2. The summed E-state index contributed by atoms with van der Waals surface area (Å²) in [6.45, 7) is -0.191. The normalized spacial score (nSPS) is 17.5. The first kappa shape index (κ1) is 27.0. The molecule has 0 radical (unpaired) electrons. The molecular weight excluding hydrogens is 502 g/mol. The van der Waals surface area contributed by atoms with Crippen LogP contribution in [0.3, 0.4) is 0 Å². The lowest BCUT2D eigenvalue weighted by atomic mass is 9.86. The molecule has 35 heavy (non-hydrogen) atoms. The molecule has 13 heteroatoms. The number of rotatable bonds is 7. The van der Waals surface area contributed by atoms with Gasteiger partial charge in [-0.25, -0.2) is 8.42 Å². The Hall–Kier alpha value is -2.64. The number of carbonyl (C=O) groups excluding carboxylic acids is 1. The molecule has 3 N–H and O–H groups in total. The first-order chi connectivity index (χ1) is 16.2. The SMILES string of the molecule is O=C(C[C@H](NS(=O)(=O)c1cccc(C(F)(F)F)c1)C(F)(F)F)N[C@@H]1CCCc2cc(CO)ccc21. The van der Waals surface area contributed by atoms with E-state index in [2.05, 4.69) is 5.32 Å². The van der Waals surface area contributed by atoms with Crippen LogP contribution in [0.2, 0.25) is 0 Å². The van der Waals surface area contributed by atoms with Gasteiger partial charge in [-0.05, 0) is 54.2 Å². The van der Waals surface area contributed by atoms with Gasteiger partial charge in [0.05, 0.1) is 29.5 Å². The van der Waals surface area contributed by atoms with E-state index in [-0.39, 0.29) is 12.7 Å². The molecule has 0 heterocycles. The first-order valence-electron chi connectivity index (χ1n) is 10.5. The van der Waals surface area contributed by atoms with Crippen molar-refractivity contribution in [2.75, 3.05) is 0 Å². The molecule has 3 rings (SSSR count). The van der Waals surface area contributed by atoms with Crippen LogP contribution in [0.5, 0.6) is 0 Å². The van der Waals surface area contributed by atoms with Crippen molar-refractivity contribution in [1.82, 2.24) is 10.0 Å². The molecule has 0 spiro atoms. The van der Waals surface area contributed by atoms with Gasteiger partial charge in [0.15, 0.2) is 0 Å². The Bertz CT molecular complexity index is 1180. The number of hydrogen-bond acceptors (Lipinski definition) is 4. The first-order valence-corrected chi connectivity index (χ1v) is 12.0. The van der Waals surface area contributed by atoms with E-state index in [1.165, 1.54) is 4.72 Å². The van der Waals surface area contributed by atoms with Crippen molar-refractivity contribution in [2.24, 2.45) is 0 Å². The lowest BCUT2D eigenvalue weighted by Gasteiger charge is -2.28.